The van der Waals surface area contributed by atoms with Gasteiger partial charge in [-0.2, -0.15) is 0 Å². The molecular weight excluding hydrogens is 374 g/mol. The number of carbonyl (C=O) groups is 1. The number of ether oxygens (including phenoxy) is 2. The van der Waals surface area contributed by atoms with Crippen molar-refractivity contribution in [1.29, 1.82) is 0 Å². The molecule has 0 bridgehead atoms. The van der Waals surface area contributed by atoms with Crippen molar-refractivity contribution in [2.45, 2.75) is 19.8 Å². The van der Waals surface area contributed by atoms with Gasteiger partial charge in [0.05, 0.1) is 24.6 Å². The van der Waals surface area contributed by atoms with E-state index in [2.05, 4.69) is 19.1 Å². The molecule has 150 valence electrons. The van der Waals surface area contributed by atoms with Crippen LogP contribution in [0.3, 0.4) is 0 Å². The lowest BCUT2D eigenvalue weighted by Gasteiger charge is -2.12. The predicted molar refractivity (Wildman–Crippen MR) is 118 cm³/mol. The highest BCUT2D eigenvalue weighted by Gasteiger charge is 2.25. The Morgan fingerprint density at radius 1 is 1.03 bits per heavy atom. The molecule has 0 saturated carbocycles. The quantitative estimate of drug-likeness (QED) is 0.456. The zero-order valence-corrected chi connectivity index (χ0v) is 17.1. The lowest BCUT2D eigenvalue weighted by atomic mass is 10.0. The summed E-state index contributed by atoms with van der Waals surface area (Å²) >= 11 is 0. The van der Waals surface area contributed by atoms with Crippen LogP contribution in [0.2, 0.25) is 0 Å². The van der Waals surface area contributed by atoms with Crippen molar-refractivity contribution in [3.63, 3.8) is 0 Å². The van der Waals surface area contributed by atoms with E-state index < -0.39 is 0 Å². The van der Waals surface area contributed by atoms with Gasteiger partial charge in [-0.3, -0.25) is 9.36 Å². The lowest BCUT2D eigenvalue weighted by Crippen LogP contribution is -2.14. The topological polar surface area (TPSA) is 40.5 Å². The fraction of sp³-hybridized carbons (Fsp3) is 0.192. The van der Waals surface area contributed by atoms with E-state index in [4.69, 9.17) is 9.47 Å². The molecule has 4 aromatic rings. The largest absolute Gasteiger partial charge is 0.493 e. The number of rotatable bonds is 4. The Morgan fingerprint density at radius 2 is 1.83 bits per heavy atom. The van der Waals surface area contributed by atoms with Crippen molar-refractivity contribution < 1.29 is 14.3 Å². The molecule has 30 heavy (non-hydrogen) atoms. The fourth-order valence-electron chi connectivity index (χ4n) is 4.12. The summed E-state index contributed by atoms with van der Waals surface area (Å²) in [5, 5.41) is 1.07. The Hall–Kier alpha value is -3.53. The average Bonchev–Trinajstić information content (AvgIpc) is 3.31. The van der Waals surface area contributed by atoms with E-state index in [9.17, 15) is 4.79 Å². The molecule has 2 heterocycles. The summed E-state index contributed by atoms with van der Waals surface area (Å²) in [6, 6.07) is 23.6. The minimum absolute atomic E-state index is 0.0335. The van der Waals surface area contributed by atoms with Gasteiger partial charge in [-0.25, -0.2) is 0 Å². The number of fused-ring (bicyclic) bond motifs is 2. The molecule has 0 N–H and O–H groups in total. The number of hydrogen-bond acceptors (Lipinski definition) is 3. The van der Waals surface area contributed by atoms with Gasteiger partial charge in [0, 0.05) is 22.2 Å². The van der Waals surface area contributed by atoms with Crippen molar-refractivity contribution in [1.82, 2.24) is 4.57 Å². The predicted octanol–water partition coefficient (Wildman–Crippen LogP) is 5.50. The maximum Gasteiger partial charge on any atom is 0.262 e. The zero-order valence-electron chi connectivity index (χ0n) is 17.1. The van der Waals surface area contributed by atoms with E-state index in [1.165, 1.54) is 11.1 Å². The second kappa shape index (κ2) is 7.38. The highest BCUT2D eigenvalue weighted by molar-refractivity contribution is 6.03. The molecule has 0 aliphatic carbocycles. The van der Waals surface area contributed by atoms with Gasteiger partial charge in [-0.1, -0.05) is 35.9 Å². The molecule has 0 radical (unpaired) electrons. The molecule has 1 aliphatic heterocycles. The van der Waals surface area contributed by atoms with Gasteiger partial charge < -0.3 is 9.47 Å². The maximum absolute atomic E-state index is 13.1. The van der Waals surface area contributed by atoms with Gasteiger partial charge in [0.15, 0.2) is 0 Å². The number of carbonyl (C=O) groups excluding carboxylic acids is 1. The number of nitrogens with zero attached hydrogens (tertiary/aromatic N) is 1. The molecule has 0 saturated heterocycles. The van der Waals surface area contributed by atoms with Crippen LogP contribution in [0.15, 0.2) is 72.8 Å². The molecule has 4 nitrogen and oxygen atoms in total. The molecule has 1 aromatic heterocycles. The number of aryl methyl sites for hydroxylation is 2. The van der Waals surface area contributed by atoms with Crippen molar-refractivity contribution in [2.75, 3.05) is 13.2 Å². The van der Waals surface area contributed by atoms with E-state index in [0.717, 1.165) is 28.1 Å². The second-order valence-corrected chi connectivity index (χ2v) is 7.87. The first-order chi connectivity index (χ1) is 14.6. The molecule has 0 spiro atoms. The smallest absolute Gasteiger partial charge is 0.262 e. The minimum atomic E-state index is -0.0335. The van der Waals surface area contributed by atoms with Gasteiger partial charge >= 0.3 is 0 Å². The van der Waals surface area contributed by atoms with E-state index in [1.807, 2.05) is 67.6 Å². The fourth-order valence-corrected chi connectivity index (χ4v) is 4.12. The van der Waals surface area contributed by atoms with Crippen LogP contribution in [0.4, 0.5) is 0 Å². The first kappa shape index (κ1) is 18.5. The van der Waals surface area contributed by atoms with Gasteiger partial charge in [-0.05, 0) is 56.3 Å². The van der Waals surface area contributed by atoms with Crippen LogP contribution in [0.5, 0.6) is 11.5 Å². The summed E-state index contributed by atoms with van der Waals surface area (Å²) in [6.07, 6.45) is 0. The van der Waals surface area contributed by atoms with Gasteiger partial charge in [0.1, 0.15) is 11.5 Å². The third kappa shape index (κ3) is 3.24. The zero-order chi connectivity index (χ0) is 20.7. The van der Waals surface area contributed by atoms with Crippen molar-refractivity contribution in [3.8, 4) is 11.5 Å². The second-order valence-electron chi connectivity index (χ2n) is 7.87. The molecular formula is C26H23NO3. The Morgan fingerprint density at radius 3 is 2.67 bits per heavy atom. The number of benzene rings is 3. The SMILES string of the molecule is Cc1ccc2c(c1)[C@H](COc1ccc(C(=O)n3c(C)cc4ccccc43)cc1)CO2. The lowest BCUT2D eigenvalue weighted by molar-refractivity contribution is 0.0963. The van der Waals surface area contributed by atoms with E-state index in [-0.39, 0.29) is 11.8 Å². The van der Waals surface area contributed by atoms with Crippen LogP contribution in [-0.4, -0.2) is 23.7 Å². The van der Waals surface area contributed by atoms with Gasteiger partial charge in [0.25, 0.3) is 5.91 Å². The molecule has 0 fully saturated rings. The first-order valence-electron chi connectivity index (χ1n) is 10.2. The summed E-state index contributed by atoms with van der Waals surface area (Å²) < 4.78 is 13.5. The van der Waals surface area contributed by atoms with Crippen molar-refractivity contribution >= 4 is 16.8 Å². The average molecular weight is 397 g/mol. The molecule has 5 rings (SSSR count). The summed E-state index contributed by atoms with van der Waals surface area (Å²) in [6.45, 7) is 5.22. The molecule has 0 amide bonds. The van der Waals surface area contributed by atoms with E-state index in [1.54, 1.807) is 4.57 Å². The summed E-state index contributed by atoms with van der Waals surface area (Å²) in [7, 11) is 0. The highest BCUT2D eigenvalue weighted by atomic mass is 16.5. The van der Waals surface area contributed by atoms with Crippen LogP contribution in [0, 0.1) is 13.8 Å². The molecule has 1 atom stereocenters. The Kier molecular flexibility index (Phi) is 4.55. The van der Waals surface area contributed by atoms with Crippen LogP contribution < -0.4 is 9.47 Å². The van der Waals surface area contributed by atoms with Crippen molar-refractivity contribution in [3.05, 3.63) is 95.2 Å². The minimum Gasteiger partial charge on any atom is -0.493 e. The third-order valence-corrected chi connectivity index (χ3v) is 5.70. The summed E-state index contributed by atoms with van der Waals surface area (Å²) in [4.78, 5) is 13.1. The van der Waals surface area contributed by atoms with E-state index in [0.29, 0.717) is 18.8 Å². The normalized spacial score (nSPS) is 15.1. The van der Waals surface area contributed by atoms with Crippen LogP contribution >= 0.6 is 0 Å². The number of hydrogen-bond donors (Lipinski definition) is 0. The maximum atomic E-state index is 13.1. The van der Waals surface area contributed by atoms with Crippen LogP contribution in [0.25, 0.3) is 10.9 Å². The standard InChI is InChI=1S/C26H23NO3/c1-17-7-12-25-23(13-17)21(16-30-25)15-29-22-10-8-19(9-11-22)26(28)27-18(2)14-20-5-3-4-6-24(20)27/h3-14,21H,15-16H2,1-2H3/t21-/m1/s1. The van der Waals surface area contributed by atoms with Gasteiger partial charge in [-0.15, -0.1) is 0 Å². The summed E-state index contributed by atoms with van der Waals surface area (Å²) in [5.41, 5.74) is 4.92. The Balaban J connectivity index is 1.31. The summed E-state index contributed by atoms with van der Waals surface area (Å²) in [5.74, 6) is 1.88. The van der Waals surface area contributed by atoms with E-state index >= 15 is 0 Å². The number of para-hydroxylation sites is 1. The number of aromatic nitrogens is 1. The van der Waals surface area contributed by atoms with Crippen LogP contribution in [-0.2, 0) is 0 Å². The monoisotopic (exact) mass is 397 g/mol. The third-order valence-electron chi connectivity index (χ3n) is 5.70. The Labute approximate surface area is 175 Å². The Bertz CT molecular complexity index is 1240. The molecule has 1 aliphatic rings. The highest BCUT2D eigenvalue weighted by Crippen LogP contribution is 2.35. The van der Waals surface area contributed by atoms with Gasteiger partial charge in [0.2, 0.25) is 0 Å². The molecule has 3 aromatic carbocycles. The van der Waals surface area contributed by atoms with Crippen LogP contribution in [0.1, 0.15) is 33.1 Å². The molecule has 0 unspecified atom stereocenters. The molecule has 4 heteroatoms. The van der Waals surface area contributed by atoms with Crippen molar-refractivity contribution in [2.24, 2.45) is 0 Å². The first-order valence-corrected chi connectivity index (χ1v) is 10.2.